The molecule has 2 rings (SSSR count). The quantitative estimate of drug-likeness (QED) is 0.909. The number of rotatable bonds is 4. The van der Waals surface area contributed by atoms with Gasteiger partial charge in [0.1, 0.15) is 0 Å². The third-order valence-electron chi connectivity index (χ3n) is 3.49. The highest BCUT2D eigenvalue weighted by Gasteiger charge is 2.09. The fourth-order valence-electron chi connectivity index (χ4n) is 2.09. The van der Waals surface area contributed by atoms with Crippen molar-refractivity contribution in [1.29, 1.82) is 0 Å². The normalized spacial score (nSPS) is 10.1. The first-order chi connectivity index (χ1) is 10.5. The Morgan fingerprint density at radius 2 is 1.64 bits per heavy atom. The number of nitrogens with one attached hydrogen (secondary N) is 2. The van der Waals surface area contributed by atoms with Crippen LogP contribution in [0.1, 0.15) is 38.8 Å². The maximum Gasteiger partial charge on any atom is 0.255 e. The van der Waals surface area contributed by atoms with Crippen molar-refractivity contribution in [2.45, 2.75) is 20.8 Å². The van der Waals surface area contributed by atoms with Gasteiger partial charge in [-0.1, -0.05) is 12.1 Å². The molecule has 2 aromatic rings. The Balaban J connectivity index is 2.16. The summed E-state index contributed by atoms with van der Waals surface area (Å²) < 4.78 is 0. The van der Waals surface area contributed by atoms with Crippen LogP contribution >= 0.6 is 0 Å². The molecule has 0 fully saturated rings. The fourth-order valence-corrected chi connectivity index (χ4v) is 2.09. The molecule has 2 aromatic carbocycles. The summed E-state index contributed by atoms with van der Waals surface area (Å²) in [6.07, 6.45) is 0. The van der Waals surface area contributed by atoms with Crippen LogP contribution in [0.4, 0.5) is 5.69 Å². The lowest BCUT2D eigenvalue weighted by Crippen LogP contribution is -2.22. The third-order valence-corrected chi connectivity index (χ3v) is 3.49. The predicted octanol–water partition coefficient (Wildman–Crippen LogP) is 3.31. The molecule has 0 bridgehead atoms. The molecule has 0 saturated carbocycles. The number of hydrogen-bond donors (Lipinski definition) is 2. The van der Waals surface area contributed by atoms with Crippen molar-refractivity contribution < 1.29 is 9.59 Å². The lowest BCUT2D eigenvalue weighted by molar-refractivity contribution is 0.0954. The van der Waals surface area contributed by atoms with Gasteiger partial charge < -0.3 is 10.6 Å². The zero-order valence-corrected chi connectivity index (χ0v) is 13.1. The van der Waals surface area contributed by atoms with Crippen LogP contribution in [0.3, 0.4) is 0 Å². The van der Waals surface area contributed by atoms with Crippen molar-refractivity contribution in [3.8, 4) is 0 Å². The first-order valence-corrected chi connectivity index (χ1v) is 7.28. The van der Waals surface area contributed by atoms with Crippen LogP contribution in [0.15, 0.2) is 42.5 Å². The van der Waals surface area contributed by atoms with Crippen molar-refractivity contribution in [1.82, 2.24) is 5.32 Å². The minimum absolute atomic E-state index is 0.148. The van der Waals surface area contributed by atoms with Crippen molar-refractivity contribution in [3.63, 3.8) is 0 Å². The molecule has 0 aliphatic carbocycles. The summed E-state index contributed by atoms with van der Waals surface area (Å²) in [6, 6.07) is 12.5. The average molecular weight is 296 g/mol. The zero-order chi connectivity index (χ0) is 16.1. The molecule has 0 unspecified atom stereocenters. The first-order valence-electron chi connectivity index (χ1n) is 7.28. The van der Waals surface area contributed by atoms with Gasteiger partial charge in [0.05, 0.1) is 0 Å². The highest BCUT2D eigenvalue weighted by atomic mass is 16.2. The van der Waals surface area contributed by atoms with Crippen molar-refractivity contribution >= 4 is 17.5 Å². The highest BCUT2D eigenvalue weighted by molar-refractivity contribution is 6.05. The average Bonchev–Trinajstić information content (AvgIpc) is 2.50. The summed E-state index contributed by atoms with van der Waals surface area (Å²) in [7, 11) is 0. The zero-order valence-electron chi connectivity index (χ0n) is 13.1. The Morgan fingerprint density at radius 1 is 0.909 bits per heavy atom. The Morgan fingerprint density at radius 3 is 2.32 bits per heavy atom. The van der Waals surface area contributed by atoms with Gasteiger partial charge in [-0.05, 0) is 62.2 Å². The van der Waals surface area contributed by atoms with E-state index in [0.29, 0.717) is 23.4 Å². The first kappa shape index (κ1) is 15.8. The molecule has 0 aliphatic heterocycles. The largest absolute Gasteiger partial charge is 0.352 e. The van der Waals surface area contributed by atoms with Crippen LogP contribution in [0, 0.1) is 13.8 Å². The Hall–Kier alpha value is -2.62. The lowest BCUT2D eigenvalue weighted by Gasteiger charge is -2.09. The van der Waals surface area contributed by atoms with Crippen molar-refractivity contribution in [2.75, 3.05) is 11.9 Å². The van der Waals surface area contributed by atoms with E-state index in [1.807, 2.05) is 32.9 Å². The van der Waals surface area contributed by atoms with E-state index in [1.165, 1.54) is 0 Å². The molecule has 0 aromatic heterocycles. The van der Waals surface area contributed by atoms with Gasteiger partial charge >= 0.3 is 0 Å². The van der Waals surface area contributed by atoms with Crippen molar-refractivity contribution in [2.24, 2.45) is 0 Å². The molecule has 0 saturated heterocycles. The molecular weight excluding hydrogens is 276 g/mol. The number of amides is 2. The van der Waals surface area contributed by atoms with Gasteiger partial charge in [-0.15, -0.1) is 0 Å². The second-order valence-electron chi connectivity index (χ2n) is 5.19. The van der Waals surface area contributed by atoms with Crippen molar-refractivity contribution in [3.05, 3.63) is 64.7 Å². The highest BCUT2D eigenvalue weighted by Crippen LogP contribution is 2.14. The predicted molar refractivity (Wildman–Crippen MR) is 88.3 cm³/mol. The van der Waals surface area contributed by atoms with E-state index in [-0.39, 0.29) is 11.8 Å². The molecule has 2 N–H and O–H groups in total. The number of anilines is 1. The number of aryl methyl sites for hydroxylation is 2. The summed E-state index contributed by atoms with van der Waals surface area (Å²) >= 11 is 0. The monoisotopic (exact) mass is 296 g/mol. The van der Waals surface area contributed by atoms with Crippen LogP contribution in [0.5, 0.6) is 0 Å². The third kappa shape index (κ3) is 3.73. The van der Waals surface area contributed by atoms with Crippen LogP contribution in [-0.2, 0) is 0 Å². The van der Waals surface area contributed by atoms with Gasteiger partial charge in [-0.25, -0.2) is 0 Å². The lowest BCUT2D eigenvalue weighted by atomic mass is 10.1. The second-order valence-corrected chi connectivity index (χ2v) is 5.19. The standard InChI is InChI=1S/C18H20N2O2/c1-4-19-17(21)14-6-5-7-16(11-14)20-18(22)15-9-8-12(2)13(3)10-15/h5-11H,4H2,1-3H3,(H,19,21)(H,20,22). The molecule has 4 nitrogen and oxygen atoms in total. The molecule has 2 amide bonds. The number of carbonyl (C=O) groups is 2. The summed E-state index contributed by atoms with van der Waals surface area (Å²) in [5.74, 6) is -0.332. The smallest absolute Gasteiger partial charge is 0.255 e. The minimum atomic E-state index is -0.184. The maximum absolute atomic E-state index is 12.3. The van der Waals surface area contributed by atoms with E-state index >= 15 is 0 Å². The maximum atomic E-state index is 12.3. The molecule has 0 aliphatic rings. The molecule has 114 valence electrons. The summed E-state index contributed by atoms with van der Waals surface area (Å²) in [4.78, 5) is 24.1. The van der Waals surface area contributed by atoms with Crippen LogP contribution in [-0.4, -0.2) is 18.4 Å². The fraction of sp³-hybridized carbons (Fsp3) is 0.222. The van der Waals surface area contributed by atoms with Gasteiger partial charge in [-0.2, -0.15) is 0 Å². The van der Waals surface area contributed by atoms with Gasteiger partial charge in [0.15, 0.2) is 0 Å². The Kier molecular flexibility index (Phi) is 4.94. The molecule has 0 radical (unpaired) electrons. The van der Waals surface area contributed by atoms with Gasteiger partial charge in [0.2, 0.25) is 0 Å². The minimum Gasteiger partial charge on any atom is -0.352 e. The van der Waals surface area contributed by atoms with E-state index in [9.17, 15) is 9.59 Å². The number of hydrogen-bond acceptors (Lipinski definition) is 2. The molecular formula is C18H20N2O2. The number of benzene rings is 2. The van der Waals surface area contributed by atoms with E-state index in [1.54, 1.807) is 30.3 Å². The molecule has 0 atom stereocenters. The molecule has 22 heavy (non-hydrogen) atoms. The SMILES string of the molecule is CCNC(=O)c1cccc(NC(=O)c2ccc(C)c(C)c2)c1. The topological polar surface area (TPSA) is 58.2 Å². The van der Waals surface area contributed by atoms with Gasteiger partial charge in [0.25, 0.3) is 11.8 Å². The van der Waals surface area contributed by atoms with E-state index in [2.05, 4.69) is 10.6 Å². The van der Waals surface area contributed by atoms with E-state index in [0.717, 1.165) is 11.1 Å². The van der Waals surface area contributed by atoms with E-state index in [4.69, 9.17) is 0 Å². The van der Waals surface area contributed by atoms with E-state index < -0.39 is 0 Å². The van der Waals surface area contributed by atoms with Crippen LogP contribution < -0.4 is 10.6 Å². The molecule has 4 heteroatoms. The van der Waals surface area contributed by atoms with Crippen LogP contribution in [0.25, 0.3) is 0 Å². The summed E-state index contributed by atoms with van der Waals surface area (Å²) in [5, 5.41) is 5.56. The second kappa shape index (κ2) is 6.89. The Bertz CT molecular complexity index is 708. The molecule has 0 spiro atoms. The number of carbonyl (C=O) groups excluding carboxylic acids is 2. The molecule has 0 heterocycles. The Labute approximate surface area is 130 Å². The summed E-state index contributed by atoms with van der Waals surface area (Å²) in [5.41, 5.74) is 3.96. The van der Waals surface area contributed by atoms with Crippen LogP contribution in [0.2, 0.25) is 0 Å². The van der Waals surface area contributed by atoms with Gasteiger partial charge in [0, 0.05) is 23.4 Å². The summed E-state index contributed by atoms with van der Waals surface area (Å²) in [6.45, 7) is 6.41. The van der Waals surface area contributed by atoms with Gasteiger partial charge in [-0.3, -0.25) is 9.59 Å².